The summed E-state index contributed by atoms with van der Waals surface area (Å²) in [6.07, 6.45) is 3.71. The van der Waals surface area contributed by atoms with Gasteiger partial charge >= 0.3 is 0 Å². The number of aryl methyl sites for hydroxylation is 1. The maximum absolute atomic E-state index is 10.6. The topological polar surface area (TPSA) is 81.2 Å². The van der Waals surface area contributed by atoms with E-state index in [0.717, 1.165) is 11.3 Å². The Morgan fingerprint density at radius 1 is 1.44 bits per heavy atom. The molecule has 0 aliphatic carbocycles. The molecular weight excluding hydrogens is 206 g/mol. The summed E-state index contributed by atoms with van der Waals surface area (Å²) in [7, 11) is 0. The molecule has 5 heteroatoms. The quantitative estimate of drug-likeness (QED) is 0.451. The molecule has 1 aromatic carbocycles. The molecule has 3 N–H and O–H groups in total. The molecule has 0 aromatic heterocycles. The highest BCUT2D eigenvalue weighted by Gasteiger charge is 2.06. The molecule has 86 valence electrons. The first-order valence-corrected chi connectivity index (χ1v) is 4.98. The first-order valence-electron chi connectivity index (χ1n) is 4.98. The van der Waals surface area contributed by atoms with Crippen molar-refractivity contribution in [2.75, 3.05) is 18.4 Å². The van der Waals surface area contributed by atoms with Crippen LogP contribution in [0.15, 0.2) is 30.4 Å². The Labute approximate surface area is 94.1 Å². The summed E-state index contributed by atoms with van der Waals surface area (Å²) in [6, 6.07) is 4.92. The molecular formula is C11H15N3O2. The molecule has 0 atom stereocenters. The van der Waals surface area contributed by atoms with Crippen LogP contribution < -0.4 is 11.1 Å². The number of nitrogens with two attached hydrogens (primary N) is 1. The van der Waals surface area contributed by atoms with Gasteiger partial charge in [0.15, 0.2) is 0 Å². The smallest absolute Gasteiger partial charge is 0.271 e. The zero-order chi connectivity index (χ0) is 12.0. The largest absolute Gasteiger partial charge is 0.381 e. The zero-order valence-corrected chi connectivity index (χ0v) is 9.14. The molecule has 0 radical (unpaired) electrons. The predicted molar refractivity (Wildman–Crippen MR) is 64.5 cm³/mol. The van der Waals surface area contributed by atoms with Crippen LogP contribution in [0.3, 0.4) is 0 Å². The van der Waals surface area contributed by atoms with E-state index in [4.69, 9.17) is 5.73 Å². The number of hydrogen-bond donors (Lipinski definition) is 2. The maximum atomic E-state index is 10.6. The average Bonchev–Trinajstić information content (AvgIpc) is 2.23. The Morgan fingerprint density at radius 2 is 2.19 bits per heavy atom. The van der Waals surface area contributed by atoms with E-state index in [-0.39, 0.29) is 5.69 Å². The van der Waals surface area contributed by atoms with E-state index in [1.54, 1.807) is 6.07 Å². The highest BCUT2D eigenvalue weighted by molar-refractivity contribution is 5.54. The number of rotatable bonds is 5. The van der Waals surface area contributed by atoms with E-state index in [9.17, 15) is 10.1 Å². The number of anilines is 1. The number of benzene rings is 1. The molecule has 0 aliphatic rings. The number of nitrogens with one attached hydrogen (secondary N) is 1. The first kappa shape index (κ1) is 12.2. The van der Waals surface area contributed by atoms with Gasteiger partial charge in [-0.25, -0.2) is 0 Å². The van der Waals surface area contributed by atoms with Crippen molar-refractivity contribution in [3.05, 3.63) is 46.0 Å². The predicted octanol–water partition coefficient (Wildman–Crippen LogP) is 1.83. The van der Waals surface area contributed by atoms with E-state index in [1.807, 2.05) is 25.1 Å². The molecule has 0 bridgehead atoms. The van der Waals surface area contributed by atoms with Crippen molar-refractivity contribution in [3.63, 3.8) is 0 Å². The third-order valence-electron chi connectivity index (χ3n) is 2.00. The summed E-state index contributed by atoms with van der Waals surface area (Å²) < 4.78 is 0. The molecule has 0 heterocycles. The fourth-order valence-electron chi connectivity index (χ4n) is 1.33. The van der Waals surface area contributed by atoms with Crippen LogP contribution in [0.5, 0.6) is 0 Å². The minimum absolute atomic E-state index is 0.102. The van der Waals surface area contributed by atoms with E-state index in [0.29, 0.717) is 13.1 Å². The highest BCUT2D eigenvalue weighted by Crippen LogP contribution is 2.20. The first-order chi connectivity index (χ1) is 7.63. The van der Waals surface area contributed by atoms with Crippen LogP contribution in [0, 0.1) is 17.0 Å². The molecule has 0 unspecified atom stereocenters. The number of non-ortho nitro benzene ring substituents is 1. The van der Waals surface area contributed by atoms with Crippen molar-refractivity contribution < 1.29 is 4.92 Å². The Balaban J connectivity index is 2.72. The van der Waals surface area contributed by atoms with Crippen LogP contribution in [-0.4, -0.2) is 18.0 Å². The van der Waals surface area contributed by atoms with Crippen LogP contribution in [0.1, 0.15) is 5.56 Å². The lowest BCUT2D eigenvalue weighted by atomic mass is 10.2. The summed E-state index contributed by atoms with van der Waals surface area (Å²) in [4.78, 5) is 10.2. The van der Waals surface area contributed by atoms with Crippen molar-refractivity contribution in [2.24, 2.45) is 5.73 Å². The van der Waals surface area contributed by atoms with Crippen molar-refractivity contribution in [3.8, 4) is 0 Å². The van der Waals surface area contributed by atoms with Crippen LogP contribution >= 0.6 is 0 Å². The molecule has 0 spiro atoms. The third kappa shape index (κ3) is 3.70. The Bertz CT molecular complexity index is 402. The maximum Gasteiger partial charge on any atom is 0.271 e. The van der Waals surface area contributed by atoms with Gasteiger partial charge in [0.1, 0.15) is 0 Å². The normalized spacial score (nSPS) is 10.6. The van der Waals surface area contributed by atoms with Gasteiger partial charge in [-0.1, -0.05) is 12.2 Å². The molecule has 0 fully saturated rings. The van der Waals surface area contributed by atoms with Gasteiger partial charge in [-0.3, -0.25) is 10.1 Å². The summed E-state index contributed by atoms with van der Waals surface area (Å²) in [6.45, 7) is 2.93. The van der Waals surface area contributed by atoms with Crippen molar-refractivity contribution in [1.29, 1.82) is 0 Å². The molecule has 0 saturated carbocycles. The number of nitrogens with zero attached hydrogens (tertiary/aromatic N) is 1. The fraction of sp³-hybridized carbons (Fsp3) is 0.273. The molecule has 1 rings (SSSR count). The molecule has 0 saturated heterocycles. The third-order valence-corrected chi connectivity index (χ3v) is 2.00. The number of nitro benzene ring substituents is 1. The van der Waals surface area contributed by atoms with Gasteiger partial charge in [0.25, 0.3) is 5.69 Å². The lowest BCUT2D eigenvalue weighted by Crippen LogP contribution is -2.01. The van der Waals surface area contributed by atoms with Gasteiger partial charge in [-0.05, 0) is 18.6 Å². The Kier molecular flexibility index (Phi) is 4.47. The number of nitro groups is 1. The van der Waals surface area contributed by atoms with Crippen molar-refractivity contribution in [2.45, 2.75) is 6.92 Å². The van der Waals surface area contributed by atoms with E-state index in [2.05, 4.69) is 5.32 Å². The Hall–Kier alpha value is -1.88. The SMILES string of the molecule is Cc1cc(NC/C=C/CN)cc([N+](=O)[O-])c1. The van der Waals surface area contributed by atoms with E-state index < -0.39 is 4.92 Å². The minimum atomic E-state index is -0.395. The van der Waals surface area contributed by atoms with Gasteiger partial charge in [0, 0.05) is 30.9 Å². The van der Waals surface area contributed by atoms with Gasteiger partial charge in [-0.15, -0.1) is 0 Å². The molecule has 16 heavy (non-hydrogen) atoms. The summed E-state index contributed by atoms with van der Waals surface area (Å²) >= 11 is 0. The van der Waals surface area contributed by atoms with Gasteiger partial charge in [0.2, 0.25) is 0 Å². The van der Waals surface area contributed by atoms with Crippen LogP contribution in [0.4, 0.5) is 11.4 Å². The van der Waals surface area contributed by atoms with Crippen molar-refractivity contribution in [1.82, 2.24) is 0 Å². The highest BCUT2D eigenvalue weighted by atomic mass is 16.6. The molecule has 0 aliphatic heterocycles. The lowest BCUT2D eigenvalue weighted by molar-refractivity contribution is -0.384. The molecule has 1 aromatic rings. The van der Waals surface area contributed by atoms with Crippen LogP contribution in [-0.2, 0) is 0 Å². The molecule has 5 nitrogen and oxygen atoms in total. The number of hydrogen-bond acceptors (Lipinski definition) is 4. The lowest BCUT2D eigenvalue weighted by Gasteiger charge is -2.04. The van der Waals surface area contributed by atoms with Crippen molar-refractivity contribution >= 4 is 11.4 Å². The fourth-order valence-corrected chi connectivity index (χ4v) is 1.33. The second kappa shape index (κ2) is 5.87. The van der Waals surface area contributed by atoms with Gasteiger partial charge in [0.05, 0.1) is 4.92 Å². The summed E-state index contributed by atoms with van der Waals surface area (Å²) in [5.41, 5.74) is 7.00. The average molecular weight is 221 g/mol. The van der Waals surface area contributed by atoms with E-state index >= 15 is 0 Å². The monoisotopic (exact) mass is 221 g/mol. The zero-order valence-electron chi connectivity index (χ0n) is 9.14. The second-order valence-electron chi connectivity index (χ2n) is 3.40. The van der Waals surface area contributed by atoms with Gasteiger partial charge in [-0.2, -0.15) is 0 Å². The molecule has 0 amide bonds. The Morgan fingerprint density at radius 3 is 2.81 bits per heavy atom. The second-order valence-corrected chi connectivity index (χ2v) is 3.40. The van der Waals surface area contributed by atoms with Crippen LogP contribution in [0.25, 0.3) is 0 Å². The summed E-state index contributed by atoms with van der Waals surface area (Å²) in [5.74, 6) is 0. The minimum Gasteiger partial charge on any atom is -0.381 e. The standard InChI is InChI=1S/C11H15N3O2/c1-9-6-10(13-5-3-2-4-12)8-11(7-9)14(15)16/h2-3,6-8,13H,4-5,12H2,1H3/b3-2+. The summed E-state index contributed by atoms with van der Waals surface area (Å²) in [5, 5.41) is 13.7. The van der Waals surface area contributed by atoms with Gasteiger partial charge < -0.3 is 11.1 Å². The van der Waals surface area contributed by atoms with Crippen LogP contribution in [0.2, 0.25) is 0 Å². The van der Waals surface area contributed by atoms with E-state index in [1.165, 1.54) is 6.07 Å².